The number of carboxylic acid groups (broad SMARTS) is 1. The first-order valence-electron chi connectivity index (χ1n) is 11.2. The maximum atomic E-state index is 12.1. The molecule has 1 fully saturated rings. The topological polar surface area (TPSA) is 160 Å². The normalized spacial score (nSPS) is 18.8. The number of ether oxygens (including phenoxy) is 1. The lowest BCUT2D eigenvalue weighted by Crippen LogP contribution is -2.58. The van der Waals surface area contributed by atoms with E-state index in [0.717, 1.165) is 24.0 Å². The lowest BCUT2D eigenvalue weighted by Gasteiger charge is -2.46. The number of carbonyl (C=O) groups is 1. The van der Waals surface area contributed by atoms with Crippen LogP contribution in [0.15, 0.2) is 18.2 Å². The van der Waals surface area contributed by atoms with Crippen LogP contribution in [0.2, 0.25) is 0 Å². The van der Waals surface area contributed by atoms with Gasteiger partial charge in [-0.25, -0.2) is 9.78 Å². The Morgan fingerprint density at radius 2 is 1.97 bits per heavy atom. The Kier molecular flexibility index (Phi) is 5.88. The van der Waals surface area contributed by atoms with Crippen molar-refractivity contribution in [1.82, 2.24) is 25.1 Å². The summed E-state index contributed by atoms with van der Waals surface area (Å²) in [5.41, 5.74) is 13.7. The number of H-pyrrole nitrogens is 1. The molecule has 11 heteroatoms. The smallest absolute Gasteiger partial charge is 0.408 e. The fourth-order valence-corrected chi connectivity index (χ4v) is 4.90. The molecule has 0 spiro atoms. The number of nitrogens with zero attached hydrogens (tertiary/aromatic N) is 5. The van der Waals surface area contributed by atoms with Crippen LogP contribution in [0.1, 0.15) is 34.1 Å². The SMILES string of the molecule is COc1cc(-c2cc(N3C[C@H](C)C[C@@H](N(C(=O)O)C(C)(C)C)C3)nc(N)n2)cc2[nH]nc(N)c12. The van der Waals surface area contributed by atoms with Crippen LogP contribution in [0.3, 0.4) is 0 Å². The summed E-state index contributed by atoms with van der Waals surface area (Å²) in [6, 6.07) is 5.42. The zero-order valence-electron chi connectivity index (χ0n) is 20.2. The standard InChI is InChI=1S/C23H32N8O3/c1-12-6-14(31(22(32)33)23(2,3)4)11-30(10-12)18-9-15(26-21(25)27-18)13-7-16-19(17(8-13)34-5)20(24)29-28-16/h7-9,12,14H,6,10-11H2,1-5H3,(H,32,33)(H3,24,28,29)(H2,25,26,27)/t12-,14-/m1/s1. The van der Waals surface area contributed by atoms with Crippen LogP contribution in [0.25, 0.3) is 22.2 Å². The fourth-order valence-electron chi connectivity index (χ4n) is 4.90. The summed E-state index contributed by atoms with van der Waals surface area (Å²) < 4.78 is 5.53. The molecule has 2 aromatic heterocycles. The summed E-state index contributed by atoms with van der Waals surface area (Å²) in [6.07, 6.45) is -0.142. The molecule has 1 saturated heterocycles. The Bertz CT molecular complexity index is 1220. The van der Waals surface area contributed by atoms with Gasteiger partial charge in [0, 0.05) is 30.3 Å². The number of hydrogen-bond acceptors (Lipinski definition) is 8. The third-order valence-electron chi connectivity index (χ3n) is 6.16. The van der Waals surface area contributed by atoms with Gasteiger partial charge in [-0.2, -0.15) is 10.1 Å². The molecule has 1 aliphatic rings. The molecule has 4 rings (SSSR count). The van der Waals surface area contributed by atoms with Crippen molar-refractivity contribution in [2.75, 3.05) is 36.6 Å². The largest absolute Gasteiger partial charge is 0.496 e. The second-order valence-electron chi connectivity index (χ2n) is 9.90. The maximum Gasteiger partial charge on any atom is 0.408 e. The van der Waals surface area contributed by atoms with Crippen molar-refractivity contribution in [2.24, 2.45) is 5.92 Å². The summed E-state index contributed by atoms with van der Waals surface area (Å²) >= 11 is 0. The van der Waals surface area contributed by atoms with Gasteiger partial charge in [0.1, 0.15) is 11.6 Å². The second-order valence-corrected chi connectivity index (χ2v) is 9.90. The lowest BCUT2D eigenvalue weighted by molar-refractivity contribution is 0.0587. The number of nitrogens with two attached hydrogens (primary N) is 2. The van der Waals surface area contributed by atoms with Crippen LogP contribution < -0.4 is 21.1 Å². The van der Waals surface area contributed by atoms with Gasteiger partial charge in [0.2, 0.25) is 5.95 Å². The van der Waals surface area contributed by atoms with Crippen molar-refractivity contribution in [1.29, 1.82) is 0 Å². The van der Waals surface area contributed by atoms with Crippen LogP contribution in [0, 0.1) is 5.92 Å². The molecule has 0 unspecified atom stereocenters. The van der Waals surface area contributed by atoms with Crippen molar-refractivity contribution in [3.8, 4) is 17.0 Å². The molecular formula is C23H32N8O3. The first-order chi connectivity index (χ1) is 16.0. The molecule has 3 heterocycles. The quantitative estimate of drug-likeness (QED) is 0.451. The number of fused-ring (bicyclic) bond motifs is 1. The molecule has 0 aliphatic carbocycles. The van der Waals surface area contributed by atoms with E-state index in [-0.39, 0.29) is 17.9 Å². The van der Waals surface area contributed by atoms with E-state index >= 15 is 0 Å². The van der Waals surface area contributed by atoms with Gasteiger partial charge in [0.25, 0.3) is 0 Å². The van der Waals surface area contributed by atoms with Crippen LogP contribution in [-0.4, -0.2) is 68.0 Å². The monoisotopic (exact) mass is 468 g/mol. The van der Waals surface area contributed by atoms with Crippen LogP contribution in [-0.2, 0) is 0 Å². The summed E-state index contributed by atoms with van der Waals surface area (Å²) in [7, 11) is 1.57. The number of methoxy groups -OCH3 is 1. The molecule has 2 atom stereocenters. The van der Waals surface area contributed by atoms with Gasteiger partial charge >= 0.3 is 6.09 Å². The van der Waals surface area contributed by atoms with Crippen molar-refractivity contribution >= 4 is 34.6 Å². The highest BCUT2D eigenvalue weighted by Gasteiger charge is 2.38. The molecule has 0 radical (unpaired) electrons. The molecule has 6 N–H and O–H groups in total. The highest BCUT2D eigenvalue weighted by atomic mass is 16.5. The van der Waals surface area contributed by atoms with Crippen LogP contribution in [0.5, 0.6) is 5.75 Å². The highest BCUT2D eigenvalue weighted by Crippen LogP contribution is 2.36. The fraction of sp³-hybridized carbons (Fsp3) is 0.478. The number of benzene rings is 1. The Morgan fingerprint density at radius 1 is 1.24 bits per heavy atom. The minimum Gasteiger partial charge on any atom is -0.496 e. The molecule has 1 aromatic carbocycles. The molecule has 1 aliphatic heterocycles. The zero-order valence-corrected chi connectivity index (χ0v) is 20.2. The van der Waals surface area contributed by atoms with Gasteiger partial charge < -0.3 is 26.2 Å². The van der Waals surface area contributed by atoms with Crippen molar-refractivity contribution in [2.45, 2.75) is 45.7 Å². The van der Waals surface area contributed by atoms with Crippen LogP contribution >= 0.6 is 0 Å². The Labute approximate surface area is 198 Å². The minimum atomic E-state index is -0.923. The highest BCUT2D eigenvalue weighted by molar-refractivity contribution is 5.97. The van der Waals surface area contributed by atoms with E-state index in [0.29, 0.717) is 35.0 Å². The van der Waals surface area contributed by atoms with Crippen molar-refractivity contribution in [3.63, 3.8) is 0 Å². The molecule has 0 saturated carbocycles. The first-order valence-corrected chi connectivity index (χ1v) is 11.2. The number of nitrogen functional groups attached to an aromatic ring is 2. The number of piperidine rings is 1. The Morgan fingerprint density at radius 3 is 2.62 bits per heavy atom. The predicted molar refractivity (Wildman–Crippen MR) is 132 cm³/mol. The average Bonchev–Trinajstić information content (AvgIpc) is 3.12. The molecule has 3 aromatic rings. The number of anilines is 3. The van der Waals surface area contributed by atoms with E-state index in [4.69, 9.17) is 16.2 Å². The van der Waals surface area contributed by atoms with E-state index in [2.05, 4.69) is 32.0 Å². The van der Waals surface area contributed by atoms with Crippen molar-refractivity contribution < 1.29 is 14.6 Å². The number of amides is 1. The molecule has 34 heavy (non-hydrogen) atoms. The number of nitrogens with one attached hydrogen (secondary N) is 1. The molecule has 0 bridgehead atoms. The molecule has 1 amide bonds. The van der Waals surface area contributed by atoms with E-state index in [1.807, 2.05) is 39.0 Å². The predicted octanol–water partition coefficient (Wildman–Crippen LogP) is 3.19. The number of aromatic nitrogens is 4. The molecular weight excluding hydrogens is 436 g/mol. The summed E-state index contributed by atoms with van der Waals surface area (Å²) in [4.78, 5) is 24.6. The van der Waals surface area contributed by atoms with Gasteiger partial charge in [-0.1, -0.05) is 6.92 Å². The second kappa shape index (κ2) is 8.54. The summed E-state index contributed by atoms with van der Waals surface area (Å²) in [5.74, 6) is 1.99. The van der Waals surface area contributed by atoms with Gasteiger partial charge in [-0.3, -0.25) is 10.00 Å². The average molecular weight is 469 g/mol. The lowest BCUT2D eigenvalue weighted by atomic mass is 9.92. The van der Waals surface area contributed by atoms with Crippen molar-refractivity contribution in [3.05, 3.63) is 18.2 Å². The Balaban J connectivity index is 1.72. The first kappa shape index (κ1) is 23.4. The van der Waals surface area contributed by atoms with E-state index < -0.39 is 11.6 Å². The summed E-state index contributed by atoms with van der Waals surface area (Å²) in [6.45, 7) is 9.12. The minimum absolute atomic E-state index is 0.136. The van der Waals surface area contributed by atoms with Gasteiger partial charge in [-0.05, 0) is 45.2 Å². The Hall–Kier alpha value is -3.76. The number of rotatable bonds is 4. The zero-order chi connectivity index (χ0) is 24.8. The van der Waals surface area contributed by atoms with E-state index in [1.165, 1.54) is 0 Å². The third kappa shape index (κ3) is 4.37. The number of aromatic amines is 1. The number of hydrogen-bond donors (Lipinski definition) is 4. The molecule has 182 valence electrons. The van der Waals surface area contributed by atoms with Crippen LogP contribution in [0.4, 0.5) is 22.4 Å². The molecule has 11 nitrogen and oxygen atoms in total. The van der Waals surface area contributed by atoms with E-state index in [1.54, 1.807) is 12.0 Å². The van der Waals surface area contributed by atoms with E-state index in [9.17, 15) is 9.90 Å². The third-order valence-corrected chi connectivity index (χ3v) is 6.16. The summed E-state index contributed by atoms with van der Waals surface area (Å²) in [5, 5.41) is 17.6. The van der Waals surface area contributed by atoms with Gasteiger partial charge in [0.15, 0.2) is 5.82 Å². The van der Waals surface area contributed by atoms with Gasteiger partial charge in [-0.15, -0.1) is 0 Å². The maximum absolute atomic E-state index is 12.1. The van der Waals surface area contributed by atoms with Gasteiger partial charge in [0.05, 0.1) is 29.7 Å².